The Morgan fingerprint density at radius 1 is 1.52 bits per heavy atom. The molecular formula is C16H29ClN4O3Si. The molecular weight excluding hydrogens is 360 g/mol. The molecule has 3 N–H and O–H groups in total. The van der Waals surface area contributed by atoms with Crippen LogP contribution in [-0.4, -0.2) is 48.5 Å². The lowest BCUT2D eigenvalue weighted by Gasteiger charge is -2.17. The van der Waals surface area contributed by atoms with Gasteiger partial charge in [0, 0.05) is 27.1 Å². The summed E-state index contributed by atoms with van der Waals surface area (Å²) in [6.07, 6.45) is 4.20. The van der Waals surface area contributed by atoms with Gasteiger partial charge in [0.1, 0.15) is 12.4 Å². The van der Waals surface area contributed by atoms with Crippen molar-refractivity contribution in [1.82, 2.24) is 14.9 Å². The summed E-state index contributed by atoms with van der Waals surface area (Å²) in [6.45, 7) is 8.51. The molecule has 142 valence electrons. The minimum atomic E-state index is -1.13. The van der Waals surface area contributed by atoms with Gasteiger partial charge in [-0.05, 0) is 18.9 Å². The number of nitrogens with zero attached hydrogens (tertiary/aromatic N) is 2. The van der Waals surface area contributed by atoms with E-state index in [0.717, 1.165) is 12.5 Å². The Morgan fingerprint density at radius 2 is 2.24 bits per heavy atom. The minimum Gasteiger partial charge on any atom is -0.361 e. The van der Waals surface area contributed by atoms with Gasteiger partial charge in [0.15, 0.2) is 5.78 Å². The van der Waals surface area contributed by atoms with Crippen LogP contribution in [0.1, 0.15) is 23.3 Å². The number of ketones is 1. The van der Waals surface area contributed by atoms with Crippen LogP contribution in [0.5, 0.6) is 0 Å². The summed E-state index contributed by atoms with van der Waals surface area (Å²) >= 11 is 0. The lowest BCUT2D eigenvalue weighted by atomic mass is 9.95. The summed E-state index contributed by atoms with van der Waals surface area (Å²) in [5.41, 5.74) is 6.46. The minimum absolute atomic E-state index is 0. The van der Waals surface area contributed by atoms with Gasteiger partial charge in [-0.25, -0.2) is 4.98 Å². The number of amides is 1. The van der Waals surface area contributed by atoms with Crippen LogP contribution >= 0.6 is 12.4 Å². The van der Waals surface area contributed by atoms with Gasteiger partial charge in [-0.2, -0.15) is 0 Å². The van der Waals surface area contributed by atoms with Crippen molar-refractivity contribution >= 4 is 32.2 Å². The van der Waals surface area contributed by atoms with Crippen molar-refractivity contribution in [3.05, 3.63) is 18.2 Å². The zero-order valence-corrected chi connectivity index (χ0v) is 17.0. The van der Waals surface area contributed by atoms with E-state index < -0.39 is 14.1 Å². The van der Waals surface area contributed by atoms with E-state index in [0.29, 0.717) is 32.0 Å². The highest BCUT2D eigenvalue weighted by atomic mass is 35.5. The zero-order valence-electron chi connectivity index (χ0n) is 15.2. The maximum atomic E-state index is 12.5. The smallest absolute Gasteiger partial charge is 0.223 e. The normalized spacial score (nSPS) is 18.6. The van der Waals surface area contributed by atoms with Crippen LogP contribution in [0.3, 0.4) is 0 Å². The van der Waals surface area contributed by atoms with E-state index in [9.17, 15) is 9.59 Å². The van der Waals surface area contributed by atoms with Crippen molar-refractivity contribution in [2.75, 3.05) is 13.2 Å². The second-order valence-corrected chi connectivity index (χ2v) is 13.2. The molecule has 2 rings (SSSR count). The number of ether oxygens (including phenoxy) is 1. The number of nitrogens with one attached hydrogen (secondary N) is 1. The molecule has 1 aromatic heterocycles. The first-order valence-electron chi connectivity index (χ1n) is 8.43. The van der Waals surface area contributed by atoms with Gasteiger partial charge >= 0.3 is 0 Å². The molecule has 2 atom stereocenters. The Labute approximate surface area is 156 Å². The van der Waals surface area contributed by atoms with Crippen molar-refractivity contribution in [2.24, 2.45) is 11.7 Å². The highest BCUT2D eigenvalue weighted by Crippen LogP contribution is 2.17. The lowest BCUT2D eigenvalue weighted by Crippen LogP contribution is -2.35. The topological polar surface area (TPSA) is 99.2 Å². The quantitative estimate of drug-likeness (QED) is 0.380. The zero-order chi connectivity index (χ0) is 17.7. The summed E-state index contributed by atoms with van der Waals surface area (Å²) < 4.78 is 7.36. The number of imidazole rings is 1. The highest BCUT2D eigenvalue weighted by molar-refractivity contribution is 6.76. The molecule has 1 fully saturated rings. The van der Waals surface area contributed by atoms with E-state index >= 15 is 0 Å². The third-order valence-corrected chi connectivity index (χ3v) is 5.93. The van der Waals surface area contributed by atoms with Crippen LogP contribution in [0.4, 0.5) is 0 Å². The average molecular weight is 389 g/mol. The van der Waals surface area contributed by atoms with Crippen molar-refractivity contribution in [3.8, 4) is 0 Å². The molecule has 0 aromatic carbocycles. The van der Waals surface area contributed by atoms with Crippen LogP contribution in [0, 0.1) is 5.92 Å². The third-order valence-electron chi connectivity index (χ3n) is 4.23. The Kier molecular flexibility index (Phi) is 8.26. The van der Waals surface area contributed by atoms with Gasteiger partial charge in [0.25, 0.3) is 0 Å². The summed E-state index contributed by atoms with van der Waals surface area (Å²) in [7, 11) is -1.13. The number of rotatable bonds is 9. The number of aromatic nitrogens is 2. The van der Waals surface area contributed by atoms with E-state index in [1.807, 2.05) is 0 Å². The fraction of sp³-hybridized carbons (Fsp3) is 0.688. The van der Waals surface area contributed by atoms with E-state index in [1.165, 1.54) is 6.20 Å². The second-order valence-electron chi connectivity index (χ2n) is 7.58. The van der Waals surface area contributed by atoms with Crippen molar-refractivity contribution < 1.29 is 14.3 Å². The fourth-order valence-corrected chi connectivity index (χ4v) is 3.40. The molecule has 1 aromatic rings. The summed E-state index contributed by atoms with van der Waals surface area (Å²) in [4.78, 5) is 28.2. The molecule has 0 spiro atoms. The number of hydrogen-bond donors (Lipinski definition) is 2. The lowest BCUT2D eigenvalue weighted by molar-refractivity contribution is -0.122. The van der Waals surface area contributed by atoms with E-state index in [-0.39, 0.29) is 30.0 Å². The molecule has 0 radical (unpaired) electrons. The van der Waals surface area contributed by atoms with Crippen LogP contribution in [0.25, 0.3) is 0 Å². The summed E-state index contributed by atoms with van der Waals surface area (Å²) in [5, 5.41) is 2.77. The van der Waals surface area contributed by atoms with Crippen LogP contribution in [0.15, 0.2) is 12.5 Å². The molecule has 1 aliphatic rings. The van der Waals surface area contributed by atoms with E-state index in [4.69, 9.17) is 10.5 Å². The molecule has 0 aliphatic carbocycles. The number of carbonyl (C=O) groups is 2. The first kappa shape index (κ1) is 21.8. The van der Waals surface area contributed by atoms with Crippen molar-refractivity contribution in [2.45, 2.75) is 51.3 Å². The van der Waals surface area contributed by atoms with Gasteiger partial charge in [-0.1, -0.05) is 19.6 Å². The molecule has 25 heavy (non-hydrogen) atoms. The molecule has 0 unspecified atom stereocenters. The average Bonchev–Trinajstić information content (AvgIpc) is 3.11. The Morgan fingerprint density at radius 3 is 2.84 bits per heavy atom. The van der Waals surface area contributed by atoms with Crippen LogP contribution in [0.2, 0.25) is 25.7 Å². The molecule has 2 heterocycles. The van der Waals surface area contributed by atoms with E-state index in [2.05, 4.69) is 29.9 Å². The molecule has 0 saturated carbocycles. The summed E-state index contributed by atoms with van der Waals surface area (Å²) in [5.74, 6) is -0.379. The first-order valence-corrected chi connectivity index (χ1v) is 12.1. The van der Waals surface area contributed by atoms with Gasteiger partial charge in [0.05, 0.1) is 18.6 Å². The highest BCUT2D eigenvalue weighted by Gasteiger charge is 2.29. The monoisotopic (exact) mass is 388 g/mol. The van der Waals surface area contributed by atoms with Gasteiger partial charge in [-0.3, -0.25) is 9.59 Å². The molecule has 1 amide bonds. The number of Topliss-reactive ketones (excluding diaryl/α,β-unsaturated/α-hetero) is 1. The number of halogens is 1. The standard InChI is InChI=1S/C16H28N4O3Si.ClH/c1-24(2,3)7-6-23-11-20-10-18-9-14(20)15(21)13(17)8-12-4-5-19-16(12)22;/h9-10,12-13H,4-8,11,17H2,1-3H3,(H,19,22);1H/t12-,13-;/m0./s1. The van der Waals surface area contributed by atoms with Crippen LogP contribution in [-0.2, 0) is 16.3 Å². The number of nitrogens with two attached hydrogens (primary N) is 1. The van der Waals surface area contributed by atoms with Crippen molar-refractivity contribution in [3.63, 3.8) is 0 Å². The fourth-order valence-electron chi connectivity index (χ4n) is 2.64. The van der Waals surface area contributed by atoms with Gasteiger partial charge < -0.3 is 20.4 Å². The van der Waals surface area contributed by atoms with Gasteiger partial charge in [-0.15, -0.1) is 12.4 Å². The van der Waals surface area contributed by atoms with E-state index in [1.54, 1.807) is 10.9 Å². The molecule has 7 nitrogen and oxygen atoms in total. The molecule has 0 bridgehead atoms. The maximum absolute atomic E-state index is 12.5. The number of hydrogen-bond acceptors (Lipinski definition) is 5. The Balaban J connectivity index is 0.00000312. The predicted molar refractivity (Wildman–Crippen MR) is 102 cm³/mol. The molecule has 1 aliphatic heterocycles. The van der Waals surface area contributed by atoms with Gasteiger partial charge in [0.2, 0.25) is 5.91 Å². The molecule has 9 heteroatoms. The Bertz CT molecular complexity index is 588. The number of carbonyl (C=O) groups excluding carboxylic acids is 2. The predicted octanol–water partition coefficient (Wildman–Crippen LogP) is 1.65. The summed E-state index contributed by atoms with van der Waals surface area (Å²) in [6, 6.07) is 0.373. The third kappa shape index (κ3) is 6.54. The van der Waals surface area contributed by atoms with Crippen molar-refractivity contribution in [1.29, 1.82) is 0 Å². The first-order chi connectivity index (χ1) is 11.3. The largest absolute Gasteiger partial charge is 0.361 e. The SMILES string of the molecule is C[Si](C)(C)CCOCn1cncc1C(=O)[C@@H](N)C[C@@H]1CCNC1=O.Cl. The maximum Gasteiger partial charge on any atom is 0.223 e. The van der Waals surface area contributed by atoms with Crippen LogP contribution < -0.4 is 11.1 Å². The second kappa shape index (κ2) is 9.47. The molecule has 1 saturated heterocycles. The Hall–Kier alpha value is -1.22.